The number of benzene rings is 1. The van der Waals surface area contributed by atoms with E-state index in [4.69, 9.17) is 0 Å². The average Bonchev–Trinajstić information content (AvgIpc) is 2.89. The molecular weight excluding hydrogens is 290 g/mol. The van der Waals surface area contributed by atoms with Crippen LogP contribution in [0.4, 0.5) is 0 Å². The number of piperazine rings is 1. The quantitative estimate of drug-likeness (QED) is 0.887. The Morgan fingerprint density at radius 2 is 2.04 bits per heavy atom. The molecule has 1 aliphatic heterocycles. The Labute approximate surface area is 136 Å². The lowest BCUT2D eigenvalue weighted by atomic mass is 10.0. The van der Waals surface area contributed by atoms with E-state index in [2.05, 4.69) is 27.9 Å². The van der Waals surface area contributed by atoms with Crippen LogP contribution >= 0.6 is 0 Å². The lowest BCUT2D eigenvalue weighted by Crippen LogP contribution is -2.44. The molecule has 23 heavy (non-hydrogen) atoms. The van der Waals surface area contributed by atoms with Crippen LogP contribution in [0.5, 0.6) is 0 Å². The van der Waals surface area contributed by atoms with Crippen LogP contribution in [0.2, 0.25) is 0 Å². The molecule has 1 aliphatic rings. The third kappa shape index (κ3) is 3.26. The van der Waals surface area contributed by atoms with E-state index in [1.165, 1.54) is 5.56 Å². The van der Waals surface area contributed by atoms with Gasteiger partial charge in [-0.3, -0.25) is 0 Å². The molecule has 0 radical (unpaired) electrons. The molecule has 2 N–H and O–H groups in total. The predicted molar refractivity (Wildman–Crippen MR) is 92.3 cm³/mol. The van der Waals surface area contributed by atoms with E-state index in [-0.39, 0.29) is 0 Å². The summed E-state index contributed by atoms with van der Waals surface area (Å²) < 4.78 is 2.22. The number of hydrogen-bond donors (Lipinski definition) is 2. The molecule has 5 nitrogen and oxygen atoms in total. The SMILES string of the molecule is CCn1cc(CCN2CCNCC2)c2cc(C(=O)O)c(C)cc21. The average molecular weight is 315 g/mol. The van der Waals surface area contributed by atoms with Crippen molar-refractivity contribution in [3.05, 3.63) is 35.0 Å². The highest BCUT2D eigenvalue weighted by Gasteiger charge is 2.15. The smallest absolute Gasteiger partial charge is 0.335 e. The molecule has 0 unspecified atom stereocenters. The number of aryl methyl sites for hydroxylation is 2. The minimum absolute atomic E-state index is 0.412. The van der Waals surface area contributed by atoms with Crippen molar-refractivity contribution in [1.82, 2.24) is 14.8 Å². The Balaban J connectivity index is 1.92. The van der Waals surface area contributed by atoms with Gasteiger partial charge in [0.15, 0.2) is 0 Å². The van der Waals surface area contributed by atoms with E-state index in [1.54, 1.807) is 0 Å². The number of carboxylic acid groups (broad SMARTS) is 1. The normalized spacial score (nSPS) is 16.1. The van der Waals surface area contributed by atoms with Crippen molar-refractivity contribution in [3.63, 3.8) is 0 Å². The van der Waals surface area contributed by atoms with Gasteiger partial charge in [0.05, 0.1) is 5.56 Å². The van der Waals surface area contributed by atoms with Gasteiger partial charge in [0.1, 0.15) is 0 Å². The second kappa shape index (κ2) is 6.72. The van der Waals surface area contributed by atoms with Crippen molar-refractivity contribution in [2.45, 2.75) is 26.8 Å². The lowest BCUT2D eigenvalue weighted by molar-refractivity contribution is 0.0696. The molecule has 0 bridgehead atoms. The molecule has 0 saturated carbocycles. The summed E-state index contributed by atoms with van der Waals surface area (Å²) in [5.74, 6) is -0.846. The number of aromatic carboxylic acids is 1. The second-order valence-electron chi connectivity index (χ2n) is 6.27. The Kier molecular flexibility index (Phi) is 4.68. The molecule has 0 spiro atoms. The molecule has 1 fully saturated rings. The van der Waals surface area contributed by atoms with Gasteiger partial charge in [-0.15, -0.1) is 0 Å². The fourth-order valence-corrected chi connectivity index (χ4v) is 3.42. The summed E-state index contributed by atoms with van der Waals surface area (Å²) in [5, 5.41) is 13.9. The number of nitrogens with zero attached hydrogens (tertiary/aromatic N) is 2. The largest absolute Gasteiger partial charge is 0.478 e. The van der Waals surface area contributed by atoms with Crippen molar-refractivity contribution < 1.29 is 9.90 Å². The first-order valence-electron chi connectivity index (χ1n) is 8.39. The van der Waals surface area contributed by atoms with E-state index in [1.807, 2.05) is 19.1 Å². The number of carbonyl (C=O) groups is 1. The molecule has 1 saturated heterocycles. The standard InChI is InChI=1S/C18H25N3O2/c1-3-21-12-14(4-7-20-8-5-19-6-9-20)16-11-15(18(22)23)13(2)10-17(16)21/h10-12,19H,3-9H2,1-2H3,(H,22,23). The van der Waals surface area contributed by atoms with E-state index in [9.17, 15) is 9.90 Å². The van der Waals surface area contributed by atoms with Gasteiger partial charge in [-0.05, 0) is 43.5 Å². The number of aromatic nitrogens is 1. The number of carboxylic acids is 1. The Bertz CT molecular complexity index is 715. The summed E-state index contributed by atoms with van der Waals surface area (Å²) in [6.07, 6.45) is 3.16. The zero-order chi connectivity index (χ0) is 16.4. The van der Waals surface area contributed by atoms with Crippen LogP contribution in [0.25, 0.3) is 10.9 Å². The first kappa shape index (κ1) is 16.0. The zero-order valence-corrected chi connectivity index (χ0v) is 13.9. The van der Waals surface area contributed by atoms with Crippen molar-refractivity contribution in [1.29, 1.82) is 0 Å². The van der Waals surface area contributed by atoms with Crippen molar-refractivity contribution in [2.75, 3.05) is 32.7 Å². The van der Waals surface area contributed by atoms with Gasteiger partial charge in [-0.1, -0.05) is 0 Å². The van der Waals surface area contributed by atoms with Crippen molar-refractivity contribution in [3.8, 4) is 0 Å². The van der Waals surface area contributed by atoms with Crippen molar-refractivity contribution >= 4 is 16.9 Å². The highest BCUT2D eigenvalue weighted by Crippen LogP contribution is 2.26. The van der Waals surface area contributed by atoms with E-state index in [0.717, 1.165) is 62.2 Å². The highest BCUT2D eigenvalue weighted by atomic mass is 16.4. The Morgan fingerprint density at radius 3 is 2.70 bits per heavy atom. The zero-order valence-electron chi connectivity index (χ0n) is 13.9. The molecule has 2 heterocycles. The molecule has 5 heteroatoms. The minimum Gasteiger partial charge on any atom is -0.478 e. The summed E-state index contributed by atoms with van der Waals surface area (Å²) in [5.41, 5.74) is 3.63. The van der Waals surface area contributed by atoms with Crippen LogP contribution in [0, 0.1) is 6.92 Å². The molecular formula is C18H25N3O2. The van der Waals surface area contributed by atoms with Gasteiger partial charge in [0.2, 0.25) is 0 Å². The van der Waals surface area contributed by atoms with Crippen LogP contribution in [-0.2, 0) is 13.0 Å². The van der Waals surface area contributed by atoms with E-state index in [0.29, 0.717) is 5.56 Å². The van der Waals surface area contributed by atoms with Gasteiger partial charge >= 0.3 is 5.97 Å². The topological polar surface area (TPSA) is 57.5 Å². The maximum atomic E-state index is 11.4. The summed E-state index contributed by atoms with van der Waals surface area (Å²) >= 11 is 0. The molecule has 1 aromatic carbocycles. The molecule has 3 rings (SSSR count). The van der Waals surface area contributed by atoms with Crippen LogP contribution < -0.4 is 5.32 Å². The van der Waals surface area contributed by atoms with Gasteiger partial charge < -0.3 is 19.9 Å². The summed E-state index contributed by atoms with van der Waals surface area (Å²) in [7, 11) is 0. The number of hydrogen-bond acceptors (Lipinski definition) is 3. The molecule has 2 aromatic rings. The van der Waals surface area contributed by atoms with Crippen molar-refractivity contribution in [2.24, 2.45) is 0 Å². The summed E-state index contributed by atoms with van der Waals surface area (Å²) in [6, 6.07) is 3.86. The first-order valence-corrected chi connectivity index (χ1v) is 8.39. The highest BCUT2D eigenvalue weighted by molar-refractivity contribution is 5.96. The van der Waals surface area contributed by atoms with E-state index < -0.39 is 5.97 Å². The maximum Gasteiger partial charge on any atom is 0.335 e. The monoisotopic (exact) mass is 315 g/mol. The summed E-state index contributed by atoms with van der Waals surface area (Å²) in [6.45, 7) is 10.2. The maximum absolute atomic E-state index is 11.4. The van der Waals surface area contributed by atoms with Gasteiger partial charge in [-0.25, -0.2) is 4.79 Å². The van der Waals surface area contributed by atoms with Gasteiger partial charge in [0.25, 0.3) is 0 Å². The van der Waals surface area contributed by atoms with Crippen LogP contribution in [0.15, 0.2) is 18.3 Å². The number of nitrogens with one attached hydrogen (secondary N) is 1. The molecule has 124 valence electrons. The molecule has 0 atom stereocenters. The third-order valence-corrected chi connectivity index (χ3v) is 4.79. The number of rotatable bonds is 5. The third-order valence-electron chi connectivity index (χ3n) is 4.79. The fraction of sp³-hybridized carbons (Fsp3) is 0.500. The fourth-order valence-electron chi connectivity index (χ4n) is 3.42. The Morgan fingerprint density at radius 1 is 1.30 bits per heavy atom. The first-order chi connectivity index (χ1) is 11.1. The summed E-state index contributed by atoms with van der Waals surface area (Å²) in [4.78, 5) is 13.9. The minimum atomic E-state index is -0.846. The van der Waals surface area contributed by atoms with Crippen LogP contribution in [0.3, 0.4) is 0 Å². The van der Waals surface area contributed by atoms with Crippen LogP contribution in [-0.4, -0.2) is 53.3 Å². The van der Waals surface area contributed by atoms with E-state index >= 15 is 0 Å². The second-order valence-corrected chi connectivity index (χ2v) is 6.27. The van der Waals surface area contributed by atoms with Gasteiger partial charge in [-0.2, -0.15) is 0 Å². The van der Waals surface area contributed by atoms with Crippen LogP contribution in [0.1, 0.15) is 28.4 Å². The Hall–Kier alpha value is -1.85. The predicted octanol–water partition coefficient (Wildman–Crippen LogP) is 2.12. The lowest BCUT2D eigenvalue weighted by Gasteiger charge is -2.26. The molecule has 1 aromatic heterocycles. The molecule has 0 amide bonds. The molecule has 0 aliphatic carbocycles. The number of fused-ring (bicyclic) bond motifs is 1. The van der Waals surface area contributed by atoms with Gasteiger partial charge in [0, 0.05) is 56.4 Å².